The van der Waals surface area contributed by atoms with E-state index in [2.05, 4.69) is 10.1 Å². The van der Waals surface area contributed by atoms with E-state index in [0.29, 0.717) is 0 Å². The average molecular weight is 147 g/mol. The molecule has 0 unspecified atom stereocenters. The van der Waals surface area contributed by atoms with E-state index in [4.69, 9.17) is 5.11 Å². The van der Waals surface area contributed by atoms with Crippen LogP contribution in [0.1, 0.15) is 0 Å². The molecular formula is C5H9NO4. The number of esters is 1. The number of carbonyl (C=O) groups excluding carboxylic acids is 2. The molecule has 0 aliphatic heterocycles. The van der Waals surface area contributed by atoms with Crippen LogP contribution in [0.3, 0.4) is 0 Å². The monoisotopic (exact) mass is 147 g/mol. The van der Waals surface area contributed by atoms with Gasteiger partial charge >= 0.3 is 5.97 Å². The highest BCUT2D eigenvalue weighted by Crippen LogP contribution is 1.69. The molecule has 0 aliphatic rings. The number of ether oxygens (including phenoxy) is 1. The number of aliphatic hydroxyl groups excluding tert-OH is 1. The van der Waals surface area contributed by atoms with Crippen LogP contribution in [0.25, 0.3) is 0 Å². The molecule has 0 radical (unpaired) electrons. The highest BCUT2D eigenvalue weighted by molar-refractivity contribution is 5.82. The molecule has 0 atom stereocenters. The second kappa shape index (κ2) is 4.75. The Balaban J connectivity index is 3.35. The summed E-state index contributed by atoms with van der Waals surface area (Å²) < 4.78 is 4.21. The molecule has 0 bridgehead atoms. The van der Waals surface area contributed by atoms with E-state index >= 15 is 0 Å². The summed E-state index contributed by atoms with van der Waals surface area (Å²) in [4.78, 5) is 20.6. The minimum Gasteiger partial charge on any atom is -0.468 e. The minimum atomic E-state index is -0.614. The van der Waals surface area contributed by atoms with Crippen LogP contribution in [0.15, 0.2) is 0 Å². The van der Waals surface area contributed by atoms with Crippen molar-refractivity contribution < 1.29 is 19.4 Å². The van der Waals surface area contributed by atoms with Crippen molar-refractivity contribution in [2.24, 2.45) is 0 Å². The van der Waals surface area contributed by atoms with Gasteiger partial charge in [0, 0.05) is 0 Å². The maximum Gasteiger partial charge on any atom is 0.325 e. The predicted molar refractivity (Wildman–Crippen MR) is 32.1 cm³/mol. The van der Waals surface area contributed by atoms with E-state index in [9.17, 15) is 9.59 Å². The third-order valence-electron chi connectivity index (χ3n) is 0.801. The lowest BCUT2D eigenvalue weighted by Crippen LogP contribution is -2.31. The Morgan fingerprint density at radius 3 is 2.60 bits per heavy atom. The topological polar surface area (TPSA) is 75.6 Å². The van der Waals surface area contributed by atoms with Gasteiger partial charge in [0.05, 0.1) is 7.11 Å². The van der Waals surface area contributed by atoms with Gasteiger partial charge in [-0.1, -0.05) is 0 Å². The van der Waals surface area contributed by atoms with E-state index in [1.807, 2.05) is 0 Å². The van der Waals surface area contributed by atoms with Gasteiger partial charge in [-0.3, -0.25) is 9.59 Å². The number of carbonyl (C=O) groups is 2. The van der Waals surface area contributed by atoms with Crippen molar-refractivity contribution in [3.05, 3.63) is 0 Å². The number of amides is 1. The van der Waals surface area contributed by atoms with Gasteiger partial charge in [-0.05, 0) is 0 Å². The maximum absolute atomic E-state index is 10.3. The number of hydrogen-bond donors (Lipinski definition) is 2. The van der Waals surface area contributed by atoms with E-state index in [0.717, 1.165) is 0 Å². The van der Waals surface area contributed by atoms with Gasteiger partial charge in [-0.25, -0.2) is 0 Å². The van der Waals surface area contributed by atoms with E-state index in [1.165, 1.54) is 7.11 Å². The highest BCUT2D eigenvalue weighted by atomic mass is 16.5. The van der Waals surface area contributed by atoms with E-state index in [-0.39, 0.29) is 6.54 Å². The number of hydrogen-bond acceptors (Lipinski definition) is 4. The zero-order valence-electron chi connectivity index (χ0n) is 5.59. The summed E-state index contributed by atoms with van der Waals surface area (Å²) in [6, 6.07) is 0. The summed E-state index contributed by atoms with van der Waals surface area (Å²) in [5.41, 5.74) is 0. The summed E-state index contributed by atoms with van der Waals surface area (Å²) in [7, 11) is 1.22. The van der Waals surface area contributed by atoms with Crippen LogP contribution in [0, 0.1) is 0 Å². The molecule has 0 aliphatic carbocycles. The smallest absolute Gasteiger partial charge is 0.325 e. The molecule has 58 valence electrons. The molecule has 1 amide bonds. The summed E-state index contributed by atoms with van der Waals surface area (Å²) >= 11 is 0. The second-order valence-electron chi connectivity index (χ2n) is 1.51. The Labute approximate surface area is 58.0 Å². The van der Waals surface area contributed by atoms with Gasteiger partial charge < -0.3 is 15.2 Å². The molecule has 0 aromatic rings. The molecule has 0 aromatic carbocycles. The van der Waals surface area contributed by atoms with E-state index < -0.39 is 18.5 Å². The van der Waals surface area contributed by atoms with Crippen molar-refractivity contribution >= 4 is 11.9 Å². The lowest BCUT2D eigenvalue weighted by molar-refractivity contribution is -0.141. The number of nitrogens with one attached hydrogen (secondary N) is 1. The van der Waals surface area contributed by atoms with Gasteiger partial charge in [0.1, 0.15) is 13.2 Å². The third-order valence-corrected chi connectivity index (χ3v) is 0.801. The molecule has 10 heavy (non-hydrogen) atoms. The van der Waals surface area contributed by atoms with E-state index in [1.54, 1.807) is 0 Å². The Hall–Kier alpha value is -1.10. The first-order valence-corrected chi connectivity index (χ1v) is 2.65. The summed E-state index contributed by atoms with van der Waals surface area (Å²) in [5, 5.41) is 10.3. The Morgan fingerprint density at radius 1 is 1.60 bits per heavy atom. The second-order valence-corrected chi connectivity index (χ2v) is 1.51. The molecule has 0 spiro atoms. The fraction of sp³-hybridized carbons (Fsp3) is 0.600. The molecule has 5 nitrogen and oxygen atoms in total. The Kier molecular flexibility index (Phi) is 4.23. The molecule has 0 rings (SSSR count). The first-order chi connectivity index (χ1) is 4.70. The molecule has 0 saturated heterocycles. The minimum absolute atomic E-state index is 0.199. The Morgan fingerprint density at radius 2 is 2.20 bits per heavy atom. The highest BCUT2D eigenvalue weighted by Gasteiger charge is 2.01. The fourth-order valence-electron chi connectivity index (χ4n) is 0.299. The van der Waals surface area contributed by atoms with Gasteiger partial charge in [-0.15, -0.1) is 0 Å². The number of methoxy groups -OCH3 is 1. The molecule has 2 N–H and O–H groups in total. The van der Waals surface area contributed by atoms with Crippen LogP contribution in [0.2, 0.25) is 0 Å². The van der Waals surface area contributed by atoms with Crippen molar-refractivity contribution in [1.29, 1.82) is 0 Å². The van der Waals surface area contributed by atoms with Crippen LogP contribution in [-0.2, 0) is 14.3 Å². The number of aliphatic hydroxyl groups is 1. The SMILES string of the molecule is COC(=O)CNC(=O)CO. The molecule has 0 heterocycles. The van der Waals surface area contributed by atoms with Crippen molar-refractivity contribution in [1.82, 2.24) is 5.32 Å². The van der Waals surface area contributed by atoms with Crippen molar-refractivity contribution in [3.63, 3.8) is 0 Å². The van der Waals surface area contributed by atoms with Crippen LogP contribution in [0.4, 0.5) is 0 Å². The largest absolute Gasteiger partial charge is 0.468 e. The molecule has 5 heteroatoms. The summed E-state index contributed by atoms with van der Waals surface area (Å²) in [5.74, 6) is -1.13. The van der Waals surface area contributed by atoms with Gasteiger partial charge in [0.2, 0.25) is 5.91 Å². The zero-order chi connectivity index (χ0) is 7.98. The Bertz CT molecular complexity index is 118. The lowest BCUT2D eigenvalue weighted by atomic mass is 10.6. The number of rotatable bonds is 3. The normalized spacial score (nSPS) is 8.60. The first kappa shape index (κ1) is 8.90. The zero-order valence-corrected chi connectivity index (χ0v) is 5.59. The van der Waals surface area contributed by atoms with Crippen LogP contribution >= 0.6 is 0 Å². The van der Waals surface area contributed by atoms with Crippen molar-refractivity contribution in [3.8, 4) is 0 Å². The van der Waals surface area contributed by atoms with Crippen LogP contribution < -0.4 is 5.32 Å². The molecule has 0 saturated carbocycles. The van der Waals surface area contributed by atoms with Gasteiger partial charge in [-0.2, -0.15) is 0 Å². The standard InChI is InChI=1S/C5H9NO4/c1-10-5(9)2-6-4(8)3-7/h7H,2-3H2,1H3,(H,6,8). The molecule has 0 aromatic heterocycles. The molecular weight excluding hydrogens is 138 g/mol. The fourth-order valence-corrected chi connectivity index (χ4v) is 0.299. The van der Waals surface area contributed by atoms with Crippen LogP contribution in [-0.4, -0.2) is 37.2 Å². The molecule has 0 fully saturated rings. The van der Waals surface area contributed by atoms with Gasteiger partial charge in [0.15, 0.2) is 0 Å². The third kappa shape index (κ3) is 3.85. The average Bonchev–Trinajstić information content (AvgIpc) is 1.99. The quantitative estimate of drug-likeness (QED) is 0.465. The lowest BCUT2D eigenvalue weighted by Gasteiger charge is -1.99. The predicted octanol–water partition coefficient (Wildman–Crippen LogP) is -1.73. The van der Waals surface area contributed by atoms with Crippen molar-refractivity contribution in [2.75, 3.05) is 20.3 Å². The maximum atomic E-state index is 10.3. The van der Waals surface area contributed by atoms with Crippen LogP contribution in [0.5, 0.6) is 0 Å². The van der Waals surface area contributed by atoms with Gasteiger partial charge in [0.25, 0.3) is 0 Å². The van der Waals surface area contributed by atoms with Crippen molar-refractivity contribution in [2.45, 2.75) is 0 Å². The summed E-state index contributed by atoms with van der Waals surface area (Å²) in [6.45, 7) is -0.813. The first-order valence-electron chi connectivity index (χ1n) is 2.65. The summed E-state index contributed by atoms with van der Waals surface area (Å²) in [6.07, 6.45) is 0.